The molecule has 22 heavy (non-hydrogen) atoms. The summed E-state index contributed by atoms with van der Waals surface area (Å²) in [4.78, 5) is 18.2. The Balaban J connectivity index is 2.01. The summed E-state index contributed by atoms with van der Waals surface area (Å²) in [7, 11) is 0. The molecule has 0 aliphatic carbocycles. The molecule has 0 bridgehead atoms. The van der Waals surface area contributed by atoms with Gasteiger partial charge in [0.25, 0.3) is 5.91 Å². The molecule has 3 rings (SSSR count). The van der Waals surface area contributed by atoms with Gasteiger partial charge in [-0.2, -0.15) is 0 Å². The fourth-order valence-electron chi connectivity index (χ4n) is 2.39. The highest BCUT2D eigenvalue weighted by Gasteiger charge is 2.19. The number of nitrogens with two attached hydrogens (primary N) is 1. The average Bonchev–Trinajstić information content (AvgIpc) is 2.76. The number of hydrogen-bond acceptors (Lipinski definition) is 4. The number of aromatic nitrogens is 1. The molecule has 3 aromatic rings. The van der Waals surface area contributed by atoms with Gasteiger partial charge >= 0.3 is 0 Å². The number of anilines is 2. The van der Waals surface area contributed by atoms with Crippen LogP contribution in [-0.2, 0) is 0 Å². The summed E-state index contributed by atoms with van der Waals surface area (Å²) in [6.45, 7) is 3.90. The molecule has 0 radical (unpaired) electrons. The molecular formula is C16H14ClN3OS. The lowest BCUT2D eigenvalue weighted by molar-refractivity contribution is 0.103. The van der Waals surface area contributed by atoms with E-state index in [0.717, 1.165) is 21.5 Å². The van der Waals surface area contributed by atoms with Crippen molar-refractivity contribution < 1.29 is 4.79 Å². The number of thiophene rings is 1. The van der Waals surface area contributed by atoms with Gasteiger partial charge < -0.3 is 11.1 Å². The lowest BCUT2D eigenvalue weighted by Crippen LogP contribution is -2.11. The van der Waals surface area contributed by atoms with E-state index in [-0.39, 0.29) is 5.91 Å². The maximum Gasteiger partial charge on any atom is 0.267 e. The molecule has 1 amide bonds. The number of hydrogen-bond donors (Lipinski definition) is 2. The first-order valence-corrected chi connectivity index (χ1v) is 7.88. The van der Waals surface area contributed by atoms with E-state index >= 15 is 0 Å². The second-order valence-electron chi connectivity index (χ2n) is 5.07. The summed E-state index contributed by atoms with van der Waals surface area (Å²) < 4.78 is 0. The van der Waals surface area contributed by atoms with Gasteiger partial charge in [0.1, 0.15) is 9.71 Å². The van der Waals surface area contributed by atoms with Crippen LogP contribution in [0.15, 0.2) is 30.3 Å². The van der Waals surface area contributed by atoms with Gasteiger partial charge in [0.15, 0.2) is 0 Å². The topological polar surface area (TPSA) is 68.0 Å². The largest absolute Gasteiger partial charge is 0.397 e. The van der Waals surface area contributed by atoms with E-state index in [1.807, 2.05) is 19.9 Å². The van der Waals surface area contributed by atoms with E-state index in [9.17, 15) is 4.79 Å². The minimum absolute atomic E-state index is 0.250. The molecule has 1 aromatic carbocycles. The van der Waals surface area contributed by atoms with Gasteiger partial charge in [-0.25, -0.2) is 4.98 Å². The summed E-state index contributed by atoms with van der Waals surface area (Å²) in [6, 6.07) is 8.96. The van der Waals surface area contributed by atoms with E-state index in [0.29, 0.717) is 21.3 Å². The Morgan fingerprint density at radius 2 is 2.09 bits per heavy atom. The lowest BCUT2D eigenvalue weighted by atomic mass is 10.1. The van der Waals surface area contributed by atoms with Gasteiger partial charge in [0.2, 0.25) is 0 Å². The van der Waals surface area contributed by atoms with Crippen molar-refractivity contribution >= 4 is 50.4 Å². The van der Waals surface area contributed by atoms with E-state index in [1.165, 1.54) is 11.3 Å². The van der Waals surface area contributed by atoms with Crippen molar-refractivity contribution in [1.29, 1.82) is 0 Å². The summed E-state index contributed by atoms with van der Waals surface area (Å²) in [5, 5.41) is 4.23. The van der Waals surface area contributed by atoms with Crippen molar-refractivity contribution in [2.75, 3.05) is 11.1 Å². The van der Waals surface area contributed by atoms with Crippen LogP contribution in [0, 0.1) is 13.8 Å². The zero-order valence-corrected chi connectivity index (χ0v) is 13.7. The number of nitrogens with zero attached hydrogens (tertiary/aromatic N) is 1. The van der Waals surface area contributed by atoms with E-state index < -0.39 is 0 Å². The summed E-state index contributed by atoms with van der Waals surface area (Å²) in [6.07, 6.45) is 0. The molecule has 2 aromatic heterocycles. The Labute approximate surface area is 136 Å². The standard InChI is InChI=1S/C16H14ClN3OS/c1-8-6-9(2)19-16-12(8)13(18)14(22-16)15(21)20-11-5-3-4-10(17)7-11/h3-7H,18H2,1-2H3,(H,20,21). The number of carbonyl (C=O) groups excluding carboxylic acids is 1. The summed E-state index contributed by atoms with van der Waals surface area (Å²) >= 11 is 7.23. The third-order valence-corrected chi connectivity index (χ3v) is 4.65. The molecule has 0 aliphatic rings. The summed E-state index contributed by atoms with van der Waals surface area (Å²) in [5.41, 5.74) is 9.20. The average molecular weight is 332 g/mol. The number of fused-ring (bicyclic) bond motifs is 1. The SMILES string of the molecule is Cc1cc(C)c2c(N)c(C(=O)Nc3cccc(Cl)c3)sc2n1. The Kier molecular flexibility index (Phi) is 3.76. The van der Waals surface area contributed by atoms with Gasteiger partial charge in [0, 0.05) is 21.8 Å². The molecule has 112 valence electrons. The number of amides is 1. The van der Waals surface area contributed by atoms with Crippen molar-refractivity contribution in [1.82, 2.24) is 4.98 Å². The second-order valence-corrected chi connectivity index (χ2v) is 6.51. The van der Waals surface area contributed by atoms with Crippen LogP contribution in [0.2, 0.25) is 5.02 Å². The Morgan fingerprint density at radius 3 is 2.82 bits per heavy atom. The monoisotopic (exact) mass is 331 g/mol. The van der Waals surface area contributed by atoms with Crippen molar-refractivity contribution in [3.8, 4) is 0 Å². The number of halogens is 1. The van der Waals surface area contributed by atoms with Crippen LogP contribution in [-0.4, -0.2) is 10.9 Å². The summed E-state index contributed by atoms with van der Waals surface area (Å²) in [5.74, 6) is -0.250. The van der Waals surface area contributed by atoms with Crippen LogP contribution in [0.4, 0.5) is 11.4 Å². The molecule has 6 heteroatoms. The van der Waals surface area contributed by atoms with E-state index in [1.54, 1.807) is 24.3 Å². The zero-order chi connectivity index (χ0) is 15.9. The molecule has 2 heterocycles. The van der Waals surface area contributed by atoms with Crippen LogP contribution in [0.5, 0.6) is 0 Å². The van der Waals surface area contributed by atoms with Crippen molar-refractivity contribution in [2.24, 2.45) is 0 Å². The van der Waals surface area contributed by atoms with Gasteiger partial charge in [-0.3, -0.25) is 4.79 Å². The van der Waals surface area contributed by atoms with Crippen molar-refractivity contribution in [3.63, 3.8) is 0 Å². The molecule has 4 nitrogen and oxygen atoms in total. The molecule has 0 aliphatic heterocycles. The van der Waals surface area contributed by atoms with Gasteiger partial charge in [-0.1, -0.05) is 17.7 Å². The highest BCUT2D eigenvalue weighted by molar-refractivity contribution is 7.21. The van der Waals surface area contributed by atoms with Crippen LogP contribution in [0.3, 0.4) is 0 Å². The predicted octanol–water partition coefficient (Wildman–Crippen LogP) is 4.40. The number of nitrogen functional groups attached to an aromatic ring is 1. The first-order chi connectivity index (χ1) is 10.5. The Bertz CT molecular complexity index is 888. The normalized spacial score (nSPS) is 10.9. The van der Waals surface area contributed by atoms with Crippen LogP contribution >= 0.6 is 22.9 Å². The minimum Gasteiger partial charge on any atom is -0.397 e. The predicted molar refractivity (Wildman–Crippen MR) is 92.9 cm³/mol. The maximum absolute atomic E-state index is 12.5. The van der Waals surface area contributed by atoms with Crippen molar-refractivity contribution in [3.05, 3.63) is 51.5 Å². The van der Waals surface area contributed by atoms with E-state index in [2.05, 4.69) is 10.3 Å². The molecular weight excluding hydrogens is 318 g/mol. The fourth-order valence-corrected chi connectivity index (χ4v) is 3.69. The number of rotatable bonds is 2. The van der Waals surface area contributed by atoms with Gasteiger partial charge in [-0.05, 0) is 43.7 Å². The number of carbonyl (C=O) groups is 1. The molecule has 0 atom stereocenters. The molecule has 0 saturated carbocycles. The highest BCUT2D eigenvalue weighted by atomic mass is 35.5. The first kappa shape index (κ1) is 14.8. The third-order valence-electron chi connectivity index (χ3n) is 3.31. The zero-order valence-electron chi connectivity index (χ0n) is 12.1. The molecule has 0 fully saturated rings. The Hall–Kier alpha value is -2.11. The van der Waals surface area contributed by atoms with Crippen LogP contribution in [0.1, 0.15) is 20.9 Å². The third kappa shape index (κ3) is 2.65. The highest BCUT2D eigenvalue weighted by Crippen LogP contribution is 2.35. The van der Waals surface area contributed by atoms with Crippen LogP contribution in [0.25, 0.3) is 10.2 Å². The molecule has 3 N–H and O–H groups in total. The van der Waals surface area contributed by atoms with Gasteiger partial charge in [0.05, 0.1) is 5.69 Å². The number of pyridine rings is 1. The minimum atomic E-state index is -0.250. The maximum atomic E-state index is 12.5. The smallest absolute Gasteiger partial charge is 0.267 e. The lowest BCUT2D eigenvalue weighted by Gasteiger charge is -2.04. The fraction of sp³-hybridized carbons (Fsp3) is 0.125. The number of aryl methyl sites for hydroxylation is 2. The second kappa shape index (κ2) is 5.59. The number of nitrogens with one attached hydrogen (secondary N) is 1. The van der Waals surface area contributed by atoms with Crippen LogP contribution < -0.4 is 11.1 Å². The molecule has 0 saturated heterocycles. The molecule has 0 unspecified atom stereocenters. The first-order valence-electron chi connectivity index (χ1n) is 6.69. The van der Waals surface area contributed by atoms with Gasteiger partial charge in [-0.15, -0.1) is 11.3 Å². The van der Waals surface area contributed by atoms with E-state index in [4.69, 9.17) is 17.3 Å². The quantitative estimate of drug-likeness (QED) is 0.731. The molecule has 0 spiro atoms. The van der Waals surface area contributed by atoms with Crippen molar-refractivity contribution in [2.45, 2.75) is 13.8 Å². The number of benzene rings is 1. The Morgan fingerprint density at radius 1 is 1.32 bits per heavy atom.